The summed E-state index contributed by atoms with van der Waals surface area (Å²) in [5, 5.41) is 0. The topological polar surface area (TPSA) is 114 Å². The van der Waals surface area contributed by atoms with Crippen LogP contribution in [0.4, 0.5) is 10.3 Å². The number of aromatic nitrogens is 2. The van der Waals surface area contributed by atoms with Gasteiger partial charge in [-0.15, -0.1) is 0 Å². The second-order valence-electron chi connectivity index (χ2n) is 10.0. The number of aromatic amines is 1. The van der Waals surface area contributed by atoms with Crippen molar-refractivity contribution in [3.05, 3.63) is 50.7 Å². The fraction of sp³-hybridized carbons (Fsp3) is 0.538. The fourth-order valence-electron chi connectivity index (χ4n) is 5.79. The van der Waals surface area contributed by atoms with Crippen LogP contribution in [0.3, 0.4) is 0 Å². The lowest BCUT2D eigenvalue weighted by Crippen LogP contribution is -2.44. The third-order valence-electron chi connectivity index (χ3n) is 7.80. The number of ether oxygens (including phenoxy) is 3. The van der Waals surface area contributed by atoms with Crippen LogP contribution in [0.5, 0.6) is 5.75 Å². The van der Waals surface area contributed by atoms with Crippen LogP contribution < -0.4 is 15.2 Å². The molecule has 1 spiro atoms. The summed E-state index contributed by atoms with van der Waals surface area (Å²) < 4.78 is 32.0. The molecule has 6 rings (SSSR count). The molecule has 1 aromatic carbocycles. The van der Waals surface area contributed by atoms with Gasteiger partial charge in [0.25, 0.3) is 11.5 Å². The number of morpholine rings is 1. The van der Waals surface area contributed by atoms with Gasteiger partial charge in [-0.1, -0.05) is 0 Å². The van der Waals surface area contributed by atoms with Gasteiger partial charge >= 0.3 is 5.97 Å². The van der Waals surface area contributed by atoms with E-state index in [1.807, 2.05) is 4.90 Å². The monoisotopic (exact) mass is 512 g/mol. The number of nitrogens with zero attached hydrogens (tertiary/aromatic N) is 3. The lowest BCUT2D eigenvalue weighted by Gasteiger charge is -2.39. The number of nitrogens with one attached hydrogen (secondary N) is 1. The quantitative estimate of drug-likeness (QED) is 0.616. The number of esters is 1. The highest BCUT2D eigenvalue weighted by molar-refractivity contribution is 5.95. The summed E-state index contributed by atoms with van der Waals surface area (Å²) in [6.45, 7) is 2.56. The number of hydrogen-bond acceptors (Lipinski definition) is 8. The minimum absolute atomic E-state index is 0.0942. The summed E-state index contributed by atoms with van der Waals surface area (Å²) in [6.07, 6.45) is 4.28. The standard InChI is InChI=1S/C26H29FN4O6/c27-19-14-16(36-15-21(32)30-9-11-35-12-10-30)13-18-22(19)26(37-24(18)34)5-7-31(8-6-26)25-28-20-4-2-1-3-17(20)23(33)29-25/h13-14H,1-12,15H2,(H,28,29,33). The van der Waals surface area contributed by atoms with E-state index >= 15 is 4.39 Å². The summed E-state index contributed by atoms with van der Waals surface area (Å²) in [4.78, 5) is 48.9. The molecule has 0 atom stereocenters. The Morgan fingerprint density at radius 3 is 2.65 bits per heavy atom. The third-order valence-corrected chi connectivity index (χ3v) is 7.80. The molecule has 0 unspecified atom stereocenters. The number of rotatable bonds is 4. The number of aryl methyl sites for hydroxylation is 1. The molecule has 196 valence electrons. The van der Waals surface area contributed by atoms with E-state index in [-0.39, 0.29) is 34.9 Å². The van der Waals surface area contributed by atoms with Crippen LogP contribution in [0, 0.1) is 5.82 Å². The number of fused-ring (bicyclic) bond motifs is 3. The molecular weight excluding hydrogens is 483 g/mol. The number of halogens is 1. The Balaban J connectivity index is 1.17. The van der Waals surface area contributed by atoms with E-state index in [2.05, 4.69) is 4.98 Å². The summed E-state index contributed by atoms with van der Waals surface area (Å²) in [7, 11) is 0. The minimum Gasteiger partial charge on any atom is -0.484 e. The Hall–Kier alpha value is -3.47. The van der Waals surface area contributed by atoms with Crippen molar-refractivity contribution >= 4 is 17.8 Å². The predicted molar refractivity (Wildman–Crippen MR) is 129 cm³/mol. The van der Waals surface area contributed by atoms with Crippen molar-refractivity contribution in [1.29, 1.82) is 0 Å². The second kappa shape index (κ2) is 9.44. The van der Waals surface area contributed by atoms with Crippen molar-refractivity contribution in [2.75, 3.05) is 50.9 Å². The molecule has 1 amide bonds. The number of carbonyl (C=O) groups excluding carboxylic acids is 2. The van der Waals surface area contributed by atoms with Crippen LogP contribution in [0.25, 0.3) is 0 Å². The summed E-state index contributed by atoms with van der Waals surface area (Å²) >= 11 is 0. The Labute approximate surface area is 212 Å². The van der Waals surface area contributed by atoms with E-state index in [1.54, 1.807) is 4.90 Å². The summed E-state index contributed by atoms with van der Waals surface area (Å²) in [5.74, 6) is -0.790. The summed E-state index contributed by atoms with van der Waals surface area (Å²) in [6, 6.07) is 2.67. The zero-order valence-corrected chi connectivity index (χ0v) is 20.5. The zero-order valence-electron chi connectivity index (χ0n) is 20.5. The Kier molecular flexibility index (Phi) is 6.10. The van der Waals surface area contributed by atoms with Gasteiger partial charge in [0.1, 0.15) is 17.2 Å². The molecule has 2 saturated heterocycles. The first-order valence-electron chi connectivity index (χ1n) is 12.9. The first kappa shape index (κ1) is 23.9. The van der Waals surface area contributed by atoms with Crippen molar-refractivity contribution < 1.29 is 28.2 Å². The number of piperidine rings is 1. The largest absolute Gasteiger partial charge is 0.484 e. The average molecular weight is 513 g/mol. The Morgan fingerprint density at radius 1 is 1.11 bits per heavy atom. The molecule has 2 aromatic rings. The van der Waals surface area contributed by atoms with Crippen LogP contribution in [0.1, 0.15) is 52.9 Å². The molecule has 3 aliphatic heterocycles. The van der Waals surface area contributed by atoms with Gasteiger partial charge in [-0.05, 0) is 31.7 Å². The van der Waals surface area contributed by atoms with Gasteiger partial charge in [0.05, 0.1) is 24.5 Å². The molecular formula is C26H29FN4O6. The molecule has 1 aliphatic carbocycles. The van der Waals surface area contributed by atoms with Gasteiger partial charge in [0.15, 0.2) is 6.61 Å². The molecule has 0 bridgehead atoms. The van der Waals surface area contributed by atoms with E-state index in [1.165, 1.54) is 12.1 Å². The highest BCUT2D eigenvalue weighted by Gasteiger charge is 2.50. The number of benzene rings is 1. The van der Waals surface area contributed by atoms with Gasteiger partial charge in [0, 0.05) is 56.2 Å². The number of hydrogen-bond donors (Lipinski definition) is 1. The molecule has 37 heavy (non-hydrogen) atoms. The Morgan fingerprint density at radius 2 is 1.86 bits per heavy atom. The van der Waals surface area contributed by atoms with E-state index in [0.717, 1.165) is 36.9 Å². The lowest BCUT2D eigenvalue weighted by molar-refractivity contribution is -0.137. The molecule has 1 aromatic heterocycles. The molecule has 11 heteroatoms. The minimum atomic E-state index is -1.08. The third kappa shape index (κ3) is 4.35. The number of amides is 1. The van der Waals surface area contributed by atoms with Crippen LogP contribution in [0.15, 0.2) is 16.9 Å². The van der Waals surface area contributed by atoms with Crippen molar-refractivity contribution in [2.45, 2.75) is 44.1 Å². The van der Waals surface area contributed by atoms with E-state index < -0.39 is 17.4 Å². The van der Waals surface area contributed by atoms with Crippen LogP contribution in [-0.4, -0.2) is 72.7 Å². The highest BCUT2D eigenvalue weighted by Crippen LogP contribution is 2.46. The molecule has 10 nitrogen and oxygen atoms in total. The van der Waals surface area contributed by atoms with Gasteiger partial charge in [-0.3, -0.25) is 14.6 Å². The molecule has 4 heterocycles. The molecule has 1 N–H and O–H groups in total. The fourth-order valence-corrected chi connectivity index (χ4v) is 5.79. The summed E-state index contributed by atoms with van der Waals surface area (Å²) in [5.41, 5.74) is 0.813. The van der Waals surface area contributed by atoms with Crippen LogP contribution >= 0.6 is 0 Å². The van der Waals surface area contributed by atoms with E-state index in [4.69, 9.17) is 19.2 Å². The number of H-pyrrole nitrogens is 1. The normalized spacial score (nSPS) is 20.4. The number of carbonyl (C=O) groups is 2. The average Bonchev–Trinajstić information content (AvgIpc) is 3.19. The Bertz CT molecular complexity index is 1300. The van der Waals surface area contributed by atoms with E-state index in [9.17, 15) is 14.4 Å². The SMILES string of the molecule is O=C1OC2(CCN(c3nc4c(c(=O)[nH]3)CCCC4)CC2)c2c(F)cc(OCC(=O)N3CCOCC3)cc21. The first-order chi connectivity index (χ1) is 17.9. The zero-order chi connectivity index (χ0) is 25.6. The maximum absolute atomic E-state index is 15.4. The van der Waals surface area contributed by atoms with Crippen molar-refractivity contribution in [3.8, 4) is 5.75 Å². The maximum Gasteiger partial charge on any atom is 0.339 e. The molecule has 2 fully saturated rings. The van der Waals surface area contributed by atoms with Gasteiger partial charge in [-0.25, -0.2) is 14.2 Å². The number of anilines is 1. The predicted octanol–water partition coefficient (Wildman–Crippen LogP) is 1.69. The van der Waals surface area contributed by atoms with Crippen molar-refractivity contribution in [2.24, 2.45) is 0 Å². The maximum atomic E-state index is 15.4. The van der Waals surface area contributed by atoms with E-state index in [0.29, 0.717) is 58.2 Å². The highest BCUT2D eigenvalue weighted by atomic mass is 19.1. The van der Waals surface area contributed by atoms with Crippen molar-refractivity contribution in [3.63, 3.8) is 0 Å². The van der Waals surface area contributed by atoms with Crippen molar-refractivity contribution in [1.82, 2.24) is 14.9 Å². The second-order valence-corrected chi connectivity index (χ2v) is 10.0. The smallest absolute Gasteiger partial charge is 0.339 e. The molecule has 0 radical (unpaired) electrons. The van der Waals surface area contributed by atoms with Crippen LogP contribution in [0.2, 0.25) is 0 Å². The van der Waals surface area contributed by atoms with Gasteiger partial charge in [-0.2, -0.15) is 0 Å². The first-order valence-corrected chi connectivity index (χ1v) is 12.9. The lowest BCUT2D eigenvalue weighted by atomic mass is 9.83. The van der Waals surface area contributed by atoms with Crippen LogP contribution in [-0.2, 0) is 32.7 Å². The van der Waals surface area contributed by atoms with Gasteiger partial charge in [0.2, 0.25) is 5.95 Å². The molecule has 0 saturated carbocycles. The van der Waals surface area contributed by atoms with Gasteiger partial charge < -0.3 is 24.0 Å². The molecule has 4 aliphatic rings.